The van der Waals surface area contributed by atoms with E-state index in [0.29, 0.717) is 12.8 Å². The molecule has 0 aromatic heterocycles. The molecule has 0 aliphatic heterocycles. The molecule has 0 rings (SSSR count). The van der Waals surface area contributed by atoms with E-state index in [2.05, 4.69) is 0 Å². The Bertz CT molecular complexity index is 325. The van der Waals surface area contributed by atoms with E-state index in [1.807, 2.05) is 27.7 Å². The van der Waals surface area contributed by atoms with Crippen LogP contribution in [0.2, 0.25) is 0 Å². The molecule has 138 valence electrons. The van der Waals surface area contributed by atoms with Crippen molar-refractivity contribution in [2.24, 2.45) is 0 Å². The van der Waals surface area contributed by atoms with E-state index in [1.54, 1.807) is 49.8 Å². The first-order chi connectivity index (χ1) is 10.6. The smallest absolute Gasteiger partial charge is 0.222 e. The molecule has 0 atom stereocenters. The van der Waals surface area contributed by atoms with Gasteiger partial charge in [0.2, 0.25) is 17.7 Å². The highest BCUT2D eigenvalue weighted by Gasteiger charge is 1.99. The first-order valence-corrected chi connectivity index (χ1v) is 8.24. The third-order valence-electron chi connectivity index (χ3n) is 2.97. The summed E-state index contributed by atoms with van der Waals surface area (Å²) in [7, 11) is 7.06. The maximum Gasteiger partial charge on any atom is 0.222 e. The molecule has 0 radical (unpaired) electrons. The number of rotatable bonds is 5. The molecule has 0 unspecified atom stereocenters. The minimum atomic E-state index is 0.162. The summed E-state index contributed by atoms with van der Waals surface area (Å²) < 4.78 is 0. The molecule has 0 saturated carbocycles. The molecular formula is C17H37N3O3. The largest absolute Gasteiger partial charge is 0.349 e. The lowest BCUT2D eigenvalue weighted by Crippen LogP contribution is -2.27. The Kier molecular flexibility index (Phi) is 19.2. The summed E-state index contributed by atoms with van der Waals surface area (Å²) in [6, 6.07) is 0. The second kappa shape index (κ2) is 16.8. The van der Waals surface area contributed by atoms with Gasteiger partial charge in [-0.15, -0.1) is 0 Å². The summed E-state index contributed by atoms with van der Waals surface area (Å²) in [5, 5.41) is 0. The molecule has 0 aliphatic rings. The molecule has 0 aromatic rings. The molecular weight excluding hydrogens is 294 g/mol. The van der Waals surface area contributed by atoms with Crippen LogP contribution >= 0.6 is 0 Å². The summed E-state index contributed by atoms with van der Waals surface area (Å²) in [5.74, 6) is 0.558. The molecule has 0 N–H and O–H groups in total. The molecule has 0 spiro atoms. The van der Waals surface area contributed by atoms with E-state index < -0.39 is 0 Å². The monoisotopic (exact) mass is 331 g/mol. The van der Waals surface area contributed by atoms with Gasteiger partial charge in [0.05, 0.1) is 0 Å². The Hall–Kier alpha value is -1.59. The van der Waals surface area contributed by atoms with E-state index in [4.69, 9.17) is 0 Å². The van der Waals surface area contributed by atoms with Gasteiger partial charge >= 0.3 is 0 Å². The van der Waals surface area contributed by atoms with Crippen molar-refractivity contribution in [3.05, 3.63) is 0 Å². The first kappa shape index (κ1) is 26.3. The quantitative estimate of drug-likeness (QED) is 0.776. The zero-order valence-electron chi connectivity index (χ0n) is 16.6. The molecule has 3 amide bonds. The number of hydrogen-bond donors (Lipinski definition) is 0. The lowest BCUT2D eigenvalue weighted by atomic mass is 10.3. The van der Waals surface area contributed by atoms with Crippen LogP contribution in [0.5, 0.6) is 0 Å². The molecule has 0 bridgehead atoms. The van der Waals surface area contributed by atoms with Crippen LogP contribution in [0, 0.1) is 0 Å². The summed E-state index contributed by atoms with van der Waals surface area (Å²) in [5.41, 5.74) is 0. The standard InChI is InChI=1S/2C6H13NO.C5H11NO/c1-4-5-6(8)7(2)3;1-4-7(5-2)6(3)8;1-4-5(7)6(2)3/h2*4-5H2,1-3H3;4H2,1-3H3. The predicted molar refractivity (Wildman–Crippen MR) is 96.2 cm³/mol. The van der Waals surface area contributed by atoms with Crippen molar-refractivity contribution in [2.75, 3.05) is 41.3 Å². The SMILES string of the molecule is CCC(=O)N(C)C.CCCC(=O)N(C)C.CCN(CC)C(C)=O. The number of hydrogen-bond acceptors (Lipinski definition) is 3. The third-order valence-corrected chi connectivity index (χ3v) is 2.97. The zero-order chi connectivity index (χ0) is 19.0. The third kappa shape index (κ3) is 18.4. The van der Waals surface area contributed by atoms with E-state index in [-0.39, 0.29) is 17.7 Å². The van der Waals surface area contributed by atoms with Gasteiger partial charge in [0, 0.05) is 61.0 Å². The van der Waals surface area contributed by atoms with Gasteiger partial charge in [-0.3, -0.25) is 14.4 Å². The molecule has 0 saturated heterocycles. The van der Waals surface area contributed by atoms with Gasteiger partial charge < -0.3 is 14.7 Å². The molecule has 6 nitrogen and oxygen atoms in total. The van der Waals surface area contributed by atoms with Crippen molar-refractivity contribution in [3.63, 3.8) is 0 Å². The Morgan fingerprint density at radius 3 is 1.17 bits per heavy atom. The van der Waals surface area contributed by atoms with E-state index >= 15 is 0 Å². The second-order valence-electron chi connectivity index (χ2n) is 5.37. The topological polar surface area (TPSA) is 60.9 Å². The second-order valence-corrected chi connectivity index (χ2v) is 5.37. The minimum absolute atomic E-state index is 0.162. The van der Waals surface area contributed by atoms with Crippen molar-refractivity contribution >= 4 is 17.7 Å². The average Bonchev–Trinajstić information content (AvgIpc) is 2.48. The molecule has 6 heteroatoms. The molecule has 0 heterocycles. The lowest BCUT2D eigenvalue weighted by molar-refractivity contribution is -0.129. The van der Waals surface area contributed by atoms with Crippen LogP contribution in [0.4, 0.5) is 0 Å². The minimum Gasteiger partial charge on any atom is -0.349 e. The van der Waals surface area contributed by atoms with E-state index in [9.17, 15) is 14.4 Å². The Morgan fingerprint density at radius 2 is 1.13 bits per heavy atom. The van der Waals surface area contributed by atoms with Crippen molar-refractivity contribution in [2.45, 2.75) is 53.9 Å². The summed E-state index contributed by atoms with van der Waals surface area (Å²) in [4.78, 5) is 36.6. The summed E-state index contributed by atoms with van der Waals surface area (Å²) in [6.45, 7) is 11.0. The Morgan fingerprint density at radius 1 is 0.739 bits per heavy atom. The van der Waals surface area contributed by atoms with Crippen LogP contribution in [0.15, 0.2) is 0 Å². The van der Waals surface area contributed by atoms with Gasteiger partial charge in [0.1, 0.15) is 0 Å². The number of carbonyl (C=O) groups excluding carboxylic acids is 3. The van der Waals surface area contributed by atoms with Gasteiger partial charge in [0.15, 0.2) is 0 Å². The number of carbonyl (C=O) groups is 3. The average molecular weight is 332 g/mol. The van der Waals surface area contributed by atoms with Crippen molar-refractivity contribution in [3.8, 4) is 0 Å². The summed E-state index contributed by atoms with van der Waals surface area (Å²) in [6.07, 6.45) is 2.22. The predicted octanol–water partition coefficient (Wildman–Crippen LogP) is 2.23. The lowest BCUT2D eigenvalue weighted by Gasteiger charge is -2.14. The fourth-order valence-corrected chi connectivity index (χ4v) is 1.42. The van der Waals surface area contributed by atoms with Gasteiger partial charge in [-0.05, 0) is 20.3 Å². The fraction of sp³-hybridized carbons (Fsp3) is 0.824. The Balaban J connectivity index is -0.000000262. The zero-order valence-corrected chi connectivity index (χ0v) is 16.6. The first-order valence-electron chi connectivity index (χ1n) is 8.24. The molecule has 0 fully saturated rings. The Labute approximate surface area is 142 Å². The maximum absolute atomic E-state index is 10.7. The van der Waals surface area contributed by atoms with Crippen LogP contribution in [0.3, 0.4) is 0 Å². The number of nitrogens with zero attached hydrogens (tertiary/aromatic N) is 3. The molecule has 0 aromatic carbocycles. The van der Waals surface area contributed by atoms with E-state index in [0.717, 1.165) is 19.5 Å². The van der Waals surface area contributed by atoms with Gasteiger partial charge in [-0.2, -0.15) is 0 Å². The highest BCUT2D eigenvalue weighted by atomic mass is 16.2. The van der Waals surface area contributed by atoms with Crippen LogP contribution in [-0.4, -0.2) is 73.7 Å². The maximum atomic E-state index is 10.7. The van der Waals surface area contributed by atoms with Gasteiger partial charge in [0.25, 0.3) is 0 Å². The number of amides is 3. The van der Waals surface area contributed by atoms with Gasteiger partial charge in [-0.25, -0.2) is 0 Å². The van der Waals surface area contributed by atoms with Crippen LogP contribution in [-0.2, 0) is 14.4 Å². The van der Waals surface area contributed by atoms with Crippen molar-refractivity contribution in [1.82, 2.24) is 14.7 Å². The van der Waals surface area contributed by atoms with Crippen LogP contribution in [0.1, 0.15) is 53.9 Å². The highest BCUT2D eigenvalue weighted by molar-refractivity contribution is 5.75. The highest BCUT2D eigenvalue weighted by Crippen LogP contribution is 1.89. The van der Waals surface area contributed by atoms with Crippen LogP contribution < -0.4 is 0 Å². The van der Waals surface area contributed by atoms with E-state index in [1.165, 1.54) is 0 Å². The normalized spacial score (nSPS) is 8.74. The molecule has 0 aliphatic carbocycles. The molecule has 23 heavy (non-hydrogen) atoms. The summed E-state index contributed by atoms with van der Waals surface area (Å²) >= 11 is 0. The van der Waals surface area contributed by atoms with Crippen LogP contribution in [0.25, 0.3) is 0 Å². The van der Waals surface area contributed by atoms with Crippen molar-refractivity contribution in [1.29, 1.82) is 0 Å². The van der Waals surface area contributed by atoms with Gasteiger partial charge in [-0.1, -0.05) is 13.8 Å². The fourth-order valence-electron chi connectivity index (χ4n) is 1.42. The van der Waals surface area contributed by atoms with Crippen molar-refractivity contribution < 1.29 is 14.4 Å².